The molecule has 0 aliphatic heterocycles. The van der Waals surface area contributed by atoms with Crippen LogP contribution >= 0.6 is 51.3 Å². The van der Waals surface area contributed by atoms with Crippen LogP contribution in [0.3, 0.4) is 0 Å². The van der Waals surface area contributed by atoms with Crippen molar-refractivity contribution in [1.82, 2.24) is 9.55 Å². The van der Waals surface area contributed by atoms with Crippen LogP contribution in [0, 0.1) is 4.77 Å². The van der Waals surface area contributed by atoms with Crippen LogP contribution in [0.15, 0.2) is 40.9 Å². The molecule has 0 fully saturated rings. The fraction of sp³-hybridized carbons (Fsp3) is 0.0714. The highest BCUT2D eigenvalue weighted by Crippen LogP contribution is 2.28. The average molecular weight is 388 g/mol. The van der Waals surface area contributed by atoms with Crippen LogP contribution in [0.2, 0.25) is 10.0 Å². The van der Waals surface area contributed by atoms with E-state index in [-0.39, 0.29) is 0 Å². The molecule has 0 spiro atoms. The lowest BCUT2D eigenvalue weighted by Gasteiger charge is -2.06. The summed E-state index contributed by atoms with van der Waals surface area (Å²) in [6.07, 6.45) is 0. The Bertz CT molecular complexity index is 854. The lowest BCUT2D eigenvalue weighted by atomic mass is 10.2. The summed E-state index contributed by atoms with van der Waals surface area (Å²) in [5.41, 5.74) is 2.99. The van der Waals surface area contributed by atoms with Gasteiger partial charge in [0.2, 0.25) is 0 Å². The SMILES string of the molecule is S=c1[nH]c2cc(Cl)c(Cl)cc2n1Cc1cccc(Br)c1. The molecule has 2 nitrogen and oxygen atoms in total. The van der Waals surface area contributed by atoms with Gasteiger partial charge in [-0.1, -0.05) is 51.3 Å². The zero-order valence-electron chi connectivity index (χ0n) is 10.2. The first-order chi connectivity index (χ1) is 9.54. The molecule has 3 rings (SSSR count). The minimum atomic E-state index is 0.519. The number of nitrogens with one attached hydrogen (secondary N) is 1. The van der Waals surface area contributed by atoms with Crippen molar-refractivity contribution in [3.8, 4) is 0 Å². The Morgan fingerprint density at radius 2 is 1.90 bits per heavy atom. The van der Waals surface area contributed by atoms with Gasteiger partial charge in [0.25, 0.3) is 0 Å². The first-order valence-electron chi connectivity index (χ1n) is 5.86. The number of aromatic amines is 1. The summed E-state index contributed by atoms with van der Waals surface area (Å²) in [7, 11) is 0. The van der Waals surface area contributed by atoms with Crippen molar-refractivity contribution >= 4 is 62.4 Å². The molecule has 102 valence electrons. The van der Waals surface area contributed by atoms with Gasteiger partial charge in [-0.25, -0.2) is 0 Å². The van der Waals surface area contributed by atoms with Gasteiger partial charge >= 0.3 is 0 Å². The predicted octanol–water partition coefficient (Wildman–Crippen LogP) is 5.82. The van der Waals surface area contributed by atoms with Gasteiger partial charge in [0.1, 0.15) is 0 Å². The topological polar surface area (TPSA) is 20.7 Å². The fourth-order valence-electron chi connectivity index (χ4n) is 2.13. The van der Waals surface area contributed by atoms with Gasteiger partial charge in [-0.05, 0) is 42.0 Å². The number of hydrogen-bond acceptors (Lipinski definition) is 1. The molecule has 0 atom stereocenters. The van der Waals surface area contributed by atoms with Crippen LogP contribution in [-0.4, -0.2) is 9.55 Å². The predicted molar refractivity (Wildman–Crippen MR) is 90.4 cm³/mol. The maximum atomic E-state index is 6.10. The van der Waals surface area contributed by atoms with Crippen LogP contribution < -0.4 is 0 Å². The molecule has 3 aromatic rings. The van der Waals surface area contributed by atoms with Crippen molar-refractivity contribution in [2.45, 2.75) is 6.54 Å². The normalized spacial score (nSPS) is 11.2. The molecule has 2 aromatic carbocycles. The number of halogens is 3. The number of aromatic nitrogens is 2. The molecule has 1 aromatic heterocycles. The van der Waals surface area contributed by atoms with E-state index in [9.17, 15) is 0 Å². The van der Waals surface area contributed by atoms with Crippen LogP contribution in [-0.2, 0) is 6.54 Å². The summed E-state index contributed by atoms with van der Waals surface area (Å²) in [4.78, 5) is 3.15. The van der Waals surface area contributed by atoms with E-state index < -0.39 is 0 Å². The number of imidazole rings is 1. The van der Waals surface area contributed by atoms with Crippen molar-refractivity contribution in [2.75, 3.05) is 0 Å². The van der Waals surface area contributed by atoms with Gasteiger partial charge in [-0.3, -0.25) is 0 Å². The summed E-state index contributed by atoms with van der Waals surface area (Å²) >= 11 is 21.0. The lowest BCUT2D eigenvalue weighted by molar-refractivity contribution is 0.810. The molecule has 0 saturated heterocycles. The molecular formula is C14H9BrCl2N2S. The van der Waals surface area contributed by atoms with Gasteiger partial charge in [-0.2, -0.15) is 0 Å². The highest BCUT2D eigenvalue weighted by atomic mass is 79.9. The average Bonchev–Trinajstić information content (AvgIpc) is 2.67. The third-order valence-corrected chi connectivity index (χ3v) is 4.58. The van der Waals surface area contributed by atoms with Crippen molar-refractivity contribution < 1.29 is 0 Å². The molecule has 1 N–H and O–H groups in total. The molecule has 0 saturated carbocycles. The Morgan fingerprint density at radius 1 is 1.15 bits per heavy atom. The second kappa shape index (κ2) is 5.53. The molecule has 0 amide bonds. The number of hydrogen-bond donors (Lipinski definition) is 1. The van der Waals surface area contributed by atoms with E-state index in [1.54, 1.807) is 6.07 Å². The maximum Gasteiger partial charge on any atom is 0.178 e. The van der Waals surface area contributed by atoms with Gasteiger partial charge in [-0.15, -0.1) is 0 Å². The van der Waals surface area contributed by atoms with E-state index in [1.165, 1.54) is 0 Å². The Morgan fingerprint density at radius 3 is 2.65 bits per heavy atom. The van der Waals surface area contributed by atoms with Crippen LogP contribution in [0.25, 0.3) is 11.0 Å². The molecular weight excluding hydrogens is 379 g/mol. The Hall–Kier alpha value is -0.810. The smallest absolute Gasteiger partial charge is 0.178 e. The first kappa shape index (κ1) is 14.1. The molecule has 0 aliphatic rings. The van der Waals surface area contributed by atoms with Gasteiger partial charge < -0.3 is 9.55 Å². The summed E-state index contributed by atoms with van der Waals surface area (Å²) in [6, 6.07) is 11.8. The number of nitrogens with zero attached hydrogens (tertiary/aromatic N) is 1. The number of fused-ring (bicyclic) bond motifs is 1. The third kappa shape index (κ3) is 2.66. The minimum absolute atomic E-state index is 0.519. The van der Waals surface area contributed by atoms with E-state index in [4.69, 9.17) is 35.4 Å². The second-order valence-corrected chi connectivity index (χ2v) is 6.55. The highest BCUT2D eigenvalue weighted by Gasteiger charge is 2.08. The summed E-state index contributed by atoms with van der Waals surface area (Å²) in [6.45, 7) is 0.677. The highest BCUT2D eigenvalue weighted by molar-refractivity contribution is 9.10. The van der Waals surface area contributed by atoms with Crippen molar-refractivity contribution in [3.63, 3.8) is 0 Å². The molecule has 20 heavy (non-hydrogen) atoms. The zero-order chi connectivity index (χ0) is 14.3. The van der Waals surface area contributed by atoms with Crippen molar-refractivity contribution in [1.29, 1.82) is 0 Å². The van der Waals surface area contributed by atoms with Crippen molar-refractivity contribution in [3.05, 3.63) is 61.3 Å². The number of benzene rings is 2. The van der Waals surface area contributed by atoms with E-state index in [0.717, 1.165) is 21.1 Å². The number of H-pyrrole nitrogens is 1. The van der Waals surface area contributed by atoms with Crippen LogP contribution in [0.1, 0.15) is 5.56 Å². The molecule has 6 heteroatoms. The van der Waals surface area contributed by atoms with E-state index in [2.05, 4.69) is 33.0 Å². The quantitative estimate of drug-likeness (QED) is 0.549. The number of rotatable bonds is 2. The van der Waals surface area contributed by atoms with Gasteiger partial charge in [0.05, 0.1) is 27.6 Å². The Labute approximate surface area is 139 Å². The summed E-state index contributed by atoms with van der Waals surface area (Å²) in [5.74, 6) is 0. The summed E-state index contributed by atoms with van der Waals surface area (Å²) in [5, 5.41) is 1.04. The molecule has 0 bridgehead atoms. The largest absolute Gasteiger partial charge is 0.331 e. The zero-order valence-corrected chi connectivity index (χ0v) is 14.1. The minimum Gasteiger partial charge on any atom is -0.331 e. The molecule has 0 radical (unpaired) electrons. The van der Waals surface area contributed by atoms with Gasteiger partial charge in [0.15, 0.2) is 4.77 Å². The second-order valence-electron chi connectivity index (χ2n) is 4.43. The van der Waals surface area contributed by atoms with E-state index >= 15 is 0 Å². The third-order valence-electron chi connectivity index (χ3n) is 3.05. The Kier molecular flexibility index (Phi) is 3.91. The van der Waals surface area contributed by atoms with E-state index in [1.807, 2.05) is 22.8 Å². The first-order valence-corrected chi connectivity index (χ1v) is 7.82. The summed E-state index contributed by atoms with van der Waals surface area (Å²) < 4.78 is 3.70. The standard InChI is InChI=1S/C14H9BrCl2N2S/c15-9-3-1-2-8(4-9)7-19-13-6-11(17)10(16)5-12(13)18-14(19)20/h1-6H,7H2,(H,18,20). The Balaban J connectivity index is 2.14. The maximum absolute atomic E-state index is 6.10. The molecule has 0 aliphatic carbocycles. The van der Waals surface area contributed by atoms with Crippen LogP contribution in [0.5, 0.6) is 0 Å². The van der Waals surface area contributed by atoms with E-state index in [0.29, 0.717) is 21.4 Å². The van der Waals surface area contributed by atoms with Crippen LogP contribution in [0.4, 0.5) is 0 Å². The molecule has 0 unspecified atom stereocenters. The van der Waals surface area contributed by atoms with Crippen molar-refractivity contribution in [2.24, 2.45) is 0 Å². The molecule has 1 heterocycles. The lowest BCUT2D eigenvalue weighted by Crippen LogP contribution is -1.99. The van der Waals surface area contributed by atoms with Gasteiger partial charge in [0, 0.05) is 4.47 Å². The monoisotopic (exact) mass is 386 g/mol. The fourth-order valence-corrected chi connectivity index (χ4v) is 3.17.